The van der Waals surface area contributed by atoms with Crippen molar-refractivity contribution >= 4 is 27.3 Å². The second-order valence-corrected chi connectivity index (χ2v) is 7.77. The molecule has 3 atom stereocenters. The van der Waals surface area contributed by atoms with Crippen molar-refractivity contribution in [2.75, 3.05) is 5.73 Å². The van der Waals surface area contributed by atoms with Crippen LogP contribution in [0.15, 0.2) is 23.1 Å². The SMILES string of the molecule is CC1CCCC(NS(=O)(=O)c2cc(N)ccc2Cl)C1C. The maximum atomic E-state index is 12.5. The summed E-state index contributed by atoms with van der Waals surface area (Å²) < 4.78 is 27.7. The molecule has 1 saturated carbocycles. The van der Waals surface area contributed by atoms with Crippen molar-refractivity contribution in [3.63, 3.8) is 0 Å². The van der Waals surface area contributed by atoms with E-state index in [1.165, 1.54) is 12.1 Å². The molecule has 0 spiro atoms. The molecule has 0 heterocycles. The fourth-order valence-corrected chi connectivity index (χ4v) is 4.63. The normalized spacial score (nSPS) is 27.4. The number of nitrogens with two attached hydrogens (primary N) is 1. The Bertz CT molecular complexity index is 589. The minimum Gasteiger partial charge on any atom is -0.399 e. The number of anilines is 1. The molecule has 0 bridgehead atoms. The standard InChI is InChI=1S/C14H21ClN2O2S/c1-9-4-3-5-13(10(9)2)17-20(18,19)14-8-11(16)6-7-12(14)15/h6-10,13,17H,3-5,16H2,1-2H3. The highest BCUT2D eigenvalue weighted by molar-refractivity contribution is 7.89. The van der Waals surface area contributed by atoms with E-state index in [0.717, 1.165) is 19.3 Å². The summed E-state index contributed by atoms with van der Waals surface area (Å²) >= 11 is 5.99. The molecule has 0 saturated heterocycles. The van der Waals surface area contributed by atoms with Gasteiger partial charge < -0.3 is 5.73 Å². The molecular weight excluding hydrogens is 296 g/mol. The van der Waals surface area contributed by atoms with Crippen molar-refractivity contribution in [1.29, 1.82) is 0 Å². The topological polar surface area (TPSA) is 72.2 Å². The van der Waals surface area contributed by atoms with Crippen molar-refractivity contribution in [1.82, 2.24) is 4.72 Å². The number of halogens is 1. The van der Waals surface area contributed by atoms with E-state index in [4.69, 9.17) is 17.3 Å². The first kappa shape index (κ1) is 15.6. The Labute approximate surface area is 125 Å². The van der Waals surface area contributed by atoms with E-state index in [0.29, 0.717) is 17.5 Å². The number of nitrogens with one attached hydrogen (secondary N) is 1. The van der Waals surface area contributed by atoms with Gasteiger partial charge in [0.2, 0.25) is 10.0 Å². The summed E-state index contributed by atoms with van der Waals surface area (Å²) in [6, 6.07) is 4.47. The van der Waals surface area contributed by atoms with Gasteiger partial charge in [-0.25, -0.2) is 13.1 Å². The number of rotatable bonds is 3. The van der Waals surface area contributed by atoms with Crippen LogP contribution in [0.3, 0.4) is 0 Å². The molecule has 1 aromatic rings. The summed E-state index contributed by atoms with van der Waals surface area (Å²) in [5.74, 6) is 0.839. The van der Waals surface area contributed by atoms with Gasteiger partial charge in [-0.2, -0.15) is 0 Å². The Morgan fingerprint density at radius 3 is 2.70 bits per heavy atom. The molecule has 3 N–H and O–H groups in total. The van der Waals surface area contributed by atoms with Crippen LogP contribution in [-0.2, 0) is 10.0 Å². The maximum Gasteiger partial charge on any atom is 0.242 e. The van der Waals surface area contributed by atoms with E-state index in [2.05, 4.69) is 18.6 Å². The molecule has 6 heteroatoms. The van der Waals surface area contributed by atoms with Gasteiger partial charge >= 0.3 is 0 Å². The third-order valence-corrected chi connectivity index (χ3v) is 6.23. The van der Waals surface area contributed by atoms with Gasteiger partial charge in [-0.15, -0.1) is 0 Å². The monoisotopic (exact) mass is 316 g/mol. The van der Waals surface area contributed by atoms with E-state index in [9.17, 15) is 8.42 Å². The zero-order chi connectivity index (χ0) is 14.9. The highest BCUT2D eigenvalue weighted by atomic mass is 35.5. The van der Waals surface area contributed by atoms with Crippen molar-refractivity contribution in [2.24, 2.45) is 11.8 Å². The maximum absolute atomic E-state index is 12.5. The molecule has 4 nitrogen and oxygen atoms in total. The summed E-state index contributed by atoms with van der Waals surface area (Å²) in [5, 5.41) is 0.197. The quantitative estimate of drug-likeness (QED) is 0.842. The number of hydrogen-bond donors (Lipinski definition) is 2. The van der Waals surface area contributed by atoms with E-state index in [1.54, 1.807) is 6.07 Å². The first-order valence-electron chi connectivity index (χ1n) is 6.88. The van der Waals surface area contributed by atoms with Crippen molar-refractivity contribution in [3.8, 4) is 0 Å². The van der Waals surface area contributed by atoms with E-state index in [-0.39, 0.29) is 16.0 Å². The smallest absolute Gasteiger partial charge is 0.242 e. The Balaban J connectivity index is 2.25. The van der Waals surface area contributed by atoms with Crippen LogP contribution in [0, 0.1) is 11.8 Å². The molecule has 0 aromatic heterocycles. The summed E-state index contributed by atoms with van der Waals surface area (Å²) in [4.78, 5) is 0.0598. The lowest BCUT2D eigenvalue weighted by Crippen LogP contribution is -2.43. The molecule has 0 radical (unpaired) electrons. The van der Waals surface area contributed by atoms with Gasteiger partial charge in [-0.1, -0.05) is 38.3 Å². The molecule has 0 amide bonds. The van der Waals surface area contributed by atoms with Crippen LogP contribution in [0.5, 0.6) is 0 Å². The summed E-state index contributed by atoms with van der Waals surface area (Å²) in [7, 11) is -3.63. The van der Waals surface area contributed by atoms with E-state index >= 15 is 0 Å². The first-order valence-corrected chi connectivity index (χ1v) is 8.74. The number of nitrogen functional groups attached to an aromatic ring is 1. The average Bonchev–Trinajstić information content (AvgIpc) is 2.37. The van der Waals surface area contributed by atoms with E-state index in [1.807, 2.05) is 0 Å². The molecular formula is C14H21ClN2O2S. The van der Waals surface area contributed by atoms with Gasteiger partial charge in [0.1, 0.15) is 4.90 Å². The molecule has 2 rings (SSSR count). The highest BCUT2D eigenvalue weighted by Gasteiger charge is 2.31. The lowest BCUT2D eigenvalue weighted by molar-refractivity contribution is 0.227. The van der Waals surface area contributed by atoms with Crippen LogP contribution in [0.1, 0.15) is 33.1 Å². The predicted octanol–water partition coefficient (Wildman–Crippen LogP) is 3.03. The van der Waals surface area contributed by atoms with E-state index < -0.39 is 10.0 Å². The molecule has 3 unspecified atom stereocenters. The van der Waals surface area contributed by atoms with Crippen LogP contribution in [0.2, 0.25) is 5.02 Å². The van der Waals surface area contributed by atoms with Crippen molar-refractivity contribution in [3.05, 3.63) is 23.2 Å². The molecule has 1 aromatic carbocycles. The molecule has 1 aliphatic carbocycles. The molecule has 112 valence electrons. The van der Waals surface area contributed by atoms with Gasteiger partial charge in [-0.3, -0.25) is 0 Å². The van der Waals surface area contributed by atoms with Crippen LogP contribution in [0.25, 0.3) is 0 Å². The lowest BCUT2D eigenvalue weighted by atomic mass is 9.78. The Morgan fingerprint density at radius 2 is 2.00 bits per heavy atom. The van der Waals surface area contributed by atoms with Gasteiger partial charge in [0, 0.05) is 11.7 Å². The van der Waals surface area contributed by atoms with Gasteiger partial charge in [-0.05, 0) is 36.5 Å². The number of hydrogen-bond acceptors (Lipinski definition) is 3. The van der Waals surface area contributed by atoms with Crippen molar-refractivity contribution in [2.45, 2.75) is 44.0 Å². The number of sulfonamides is 1. The first-order chi connectivity index (χ1) is 9.31. The van der Waals surface area contributed by atoms with Crippen LogP contribution < -0.4 is 10.5 Å². The minimum absolute atomic E-state index is 0.0405. The third-order valence-electron chi connectivity index (χ3n) is 4.26. The molecule has 1 aliphatic rings. The largest absolute Gasteiger partial charge is 0.399 e. The zero-order valence-electron chi connectivity index (χ0n) is 11.8. The zero-order valence-corrected chi connectivity index (χ0v) is 13.3. The summed E-state index contributed by atoms with van der Waals surface area (Å²) in [5.41, 5.74) is 6.04. The lowest BCUT2D eigenvalue weighted by Gasteiger charge is -2.34. The van der Waals surface area contributed by atoms with Crippen molar-refractivity contribution < 1.29 is 8.42 Å². The Morgan fingerprint density at radius 1 is 1.30 bits per heavy atom. The van der Waals surface area contributed by atoms with Crippen LogP contribution >= 0.6 is 11.6 Å². The minimum atomic E-state index is -3.63. The molecule has 20 heavy (non-hydrogen) atoms. The van der Waals surface area contributed by atoms with Gasteiger partial charge in [0.25, 0.3) is 0 Å². The Kier molecular flexibility index (Phi) is 4.62. The third kappa shape index (κ3) is 3.27. The average molecular weight is 317 g/mol. The summed E-state index contributed by atoms with van der Waals surface area (Å²) in [6.07, 6.45) is 3.06. The second-order valence-electron chi connectivity index (χ2n) is 5.68. The Hall–Kier alpha value is -0.780. The molecule has 0 aliphatic heterocycles. The number of benzene rings is 1. The second kappa shape index (κ2) is 5.92. The highest BCUT2D eigenvalue weighted by Crippen LogP contribution is 2.31. The fraction of sp³-hybridized carbons (Fsp3) is 0.571. The predicted molar refractivity (Wildman–Crippen MR) is 82.2 cm³/mol. The summed E-state index contributed by atoms with van der Waals surface area (Å²) in [6.45, 7) is 4.26. The van der Waals surface area contributed by atoms with Crippen LogP contribution in [-0.4, -0.2) is 14.5 Å². The van der Waals surface area contributed by atoms with Crippen LogP contribution in [0.4, 0.5) is 5.69 Å². The van der Waals surface area contributed by atoms with Gasteiger partial charge in [0.05, 0.1) is 5.02 Å². The fourth-order valence-electron chi connectivity index (χ4n) is 2.74. The molecule has 1 fully saturated rings. The van der Waals surface area contributed by atoms with Gasteiger partial charge in [0.15, 0.2) is 0 Å².